The van der Waals surface area contributed by atoms with Crippen molar-refractivity contribution in [3.63, 3.8) is 0 Å². The molecule has 0 bridgehead atoms. The maximum atomic E-state index is 9.17. The number of hydrogen-bond acceptors (Lipinski definition) is 5. The van der Waals surface area contributed by atoms with E-state index >= 15 is 0 Å². The van der Waals surface area contributed by atoms with Crippen LogP contribution in [0.1, 0.15) is 31.1 Å². The Kier molecular flexibility index (Phi) is 2.85. The summed E-state index contributed by atoms with van der Waals surface area (Å²) in [5.41, 5.74) is 6.23. The van der Waals surface area contributed by atoms with Gasteiger partial charge in [0, 0.05) is 6.42 Å². The molecule has 0 spiro atoms. The average Bonchev–Trinajstić information content (AvgIpc) is 2.69. The van der Waals surface area contributed by atoms with Gasteiger partial charge in [-0.2, -0.15) is 4.98 Å². The van der Waals surface area contributed by atoms with Crippen LogP contribution in [0.15, 0.2) is 28.8 Å². The van der Waals surface area contributed by atoms with Crippen LogP contribution >= 0.6 is 0 Å². The summed E-state index contributed by atoms with van der Waals surface area (Å²) >= 11 is 0. The van der Waals surface area contributed by atoms with Crippen LogP contribution in [0.5, 0.6) is 5.75 Å². The second-order valence-electron chi connectivity index (χ2n) is 4.58. The molecule has 0 aliphatic carbocycles. The highest BCUT2D eigenvalue weighted by atomic mass is 16.5. The van der Waals surface area contributed by atoms with Gasteiger partial charge < -0.3 is 15.4 Å². The molecule has 0 fully saturated rings. The standard InChI is InChI=1S/C12H15N3O2/c1-12(2,13)11-14-10(15-17-11)7-8-3-5-9(16)6-4-8/h3-6,16H,7,13H2,1-2H3. The van der Waals surface area contributed by atoms with Gasteiger partial charge in [0.15, 0.2) is 5.82 Å². The fraction of sp³-hybridized carbons (Fsp3) is 0.333. The lowest BCUT2D eigenvalue weighted by molar-refractivity contribution is 0.310. The fourth-order valence-electron chi connectivity index (χ4n) is 1.38. The van der Waals surface area contributed by atoms with E-state index in [1.165, 1.54) is 0 Å². The first kappa shape index (κ1) is 11.6. The topological polar surface area (TPSA) is 85.2 Å². The number of hydrogen-bond donors (Lipinski definition) is 2. The van der Waals surface area contributed by atoms with E-state index in [-0.39, 0.29) is 5.75 Å². The maximum Gasteiger partial charge on any atom is 0.246 e. The number of benzene rings is 1. The lowest BCUT2D eigenvalue weighted by atomic mass is 10.1. The first-order valence-corrected chi connectivity index (χ1v) is 5.35. The molecule has 90 valence electrons. The Balaban J connectivity index is 2.14. The summed E-state index contributed by atoms with van der Waals surface area (Å²) in [7, 11) is 0. The summed E-state index contributed by atoms with van der Waals surface area (Å²) in [6, 6.07) is 6.89. The molecule has 1 heterocycles. The van der Waals surface area contributed by atoms with E-state index < -0.39 is 5.54 Å². The minimum Gasteiger partial charge on any atom is -0.508 e. The van der Waals surface area contributed by atoms with E-state index in [2.05, 4.69) is 10.1 Å². The highest BCUT2D eigenvalue weighted by molar-refractivity contribution is 5.27. The molecule has 0 radical (unpaired) electrons. The molecule has 0 unspecified atom stereocenters. The van der Waals surface area contributed by atoms with E-state index in [1.807, 2.05) is 26.0 Å². The van der Waals surface area contributed by atoms with Crippen LogP contribution in [-0.2, 0) is 12.0 Å². The second-order valence-corrected chi connectivity index (χ2v) is 4.58. The predicted octanol–water partition coefficient (Wildman–Crippen LogP) is 1.56. The molecule has 0 aliphatic heterocycles. The van der Waals surface area contributed by atoms with Gasteiger partial charge in [-0.05, 0) is 31.5 Å². The molecule has 1 aromatic heterocycles. The molecule has 5 heteroatoms. The molecular weight excluding hydrogens is 218 g/mol. The zero-order chi connectivity index (χ0) is 12.5. The number of nitrogens with zero attached hydrogens (tertiary/aromatic N) is 2. The van der Waals surface area contributed by atoms with Crippen LogP contribution in [0.25, 0.3) is 0 Å². The molecule has 0 atom stereocenters. The number of phenols is 1. The third-order valence-corrected chi connectivity index (χ3v) is 2.32. The zero-order valence-electron chi connectivity index (χ0n) is 9.84. The highest BCUT2D eigenvalue weighted by Gasteiger charge is 2.22. The van der Waals surface area contributed by atoms with Gasteiger partial charge in [0.05, 0.1) is 5.54 Å². The second kappa shape index (κ2) is 4.18. The van der Waals surface area contributed by atoms with Gasteiger partial charge in [0.25, 0.3) is 0 Å². The smallest absolute Gasteiger partial charge is 0.246 e. The molecule has 2 aromatic rings. The average molecular weight is 233 g/mol. The molecule has 0 saturated carbocycles. The van der Waals surface area contributed by atoms with Crippen molar-refractivity contribution in [2.75, 3.05) is 0 Å². The number of nitrogens with two attached hydrogens (primary N) is 1. The molecule has 0 saturated heterocycles. The molecule has 2 rings (SSSR count). The SMILES string of the molecule is CC(C)(N)c1nc(Cc2ccc(O)cc2)no1. The number of phenolic OH excluding ortho intramolecular Hbond substituents is 1. The minimum absolute atomic E-state index is 0.241. The monoisotopic (exact) mass is 233 g/mol. The Labute approximate surface area is 99.3 Å². The van der Waals surface area contributed by atoms with Crippen LogP contribution in [0, 0.1) is 0 Å². The van der Waals surface area contributed by atoms with Crippen molar-refractivity contribution in [2.45, 2.75) is 25.8 Å². The number of aromatic nitrogens is 2. The molecule has 3 N–H and O–H groups in total. The van der Waals surface area contributed by atoms with Gasteiger partial charge in [-0.15, -0.1) is 0 Å². The van der Waals surface area contributed by atoms with Crippen LogP contribution in [-0.4, -0.2) is 15.2 Å². The molecule has 5 nitrogen and oxygen atoms in total. The van der Waals surface area contributed by atoms with Crippen molar-refractivity contribution in [1.82, 2.24) is 10.1 Å². The summed E-state index contributed by atoms with van der Waals surface area (Å²) in [4.78, 5) is 4.23. The Morgan fingerprint density at radius 2 is 1.94 bits per heavy atom. The van der Waals surface area contributed by atoms with Crippen LogP contribution in [0.4, 0.5) is 0 Å². The summed E-state index contributed by atoms with van der Waals surface area (Å²) < 4.78 is 5.09. The zero-order valence-corrected chi connectivity index (χ0v) is 9.84. The molecule has 0 amide bonds. The Bertz CT molecular complexity index is 497. The van der Waals surface area contributed by atoms with E-state index in [0.717, 1.165) is 5.56 Å². The lowest BCUT2D eigenvalue weighted by Crippen LogP contribution is -2.29. The van der Waals surface area contributed by atoms with Crippen LogP contribution in [0.3, 0.4) is 0 Å². The molecule has 17 heavy (non-hydrogen) atoms. The molecule has 1 aromatic carbocycles. The Hall–Kier alpha value is -1.88. The van der Waals surface area contributed by atoms with Gasteiger partial charge in [-0.1, -0.05) is 17.3 Å². The maximum absolute atomic E-state index is 9.17. The van der Waals surface area contributed by atoms with Crippen molar-refractivity contribution in [1.29, 1.82) is 0 Å². The van der Waals surface area contributed by atoms with Crippen molar-refractivity contribution >= 4 is 0 Å². The van der Waals surface area contributed by atoms with Crippen LogP contribution in [0.2, 0.25) is 0 Å². The summed E-state index contributed by atoms with van der Waals surface area (Å²) in [5.74, 6) is 1.25. The van der Waals surface area contributed by atoms with Crippen molar-refractivity contribution in [3.05, 3.63) is 41.5 Å². The molecule has 0 aliphatic rings. The van der Waals surface area contributed by atoms with Crippen molar-refractivity contribution in [2.24, 2.45) is 5.73 Å². The van der Waals surface area contributed by atoms with E-state index in [4.69, 9.17) is 15.4 Å². The normalized spacial score (nSPS) is 11.7. The van der Waals surface area contributed by atoms with E-state index in [9.17, 15) is 0 Å². The number of rotatable bonds is 3. The quantitative estimate of drug-likeness (QED) is 0.840. The number of aromatic hydroxyl groups is 1. The Morgan fingerprint density at radius 3 is 2.47 bits per heavy atom. The Morgan fingerprint density at radius 1 is 1.29 bits per heavy atom. The third kappa shape index (κ3) is 2.82. The van der Waals surface area contributed by atoms with Gasteiger partial charge in [-0.3, -0.25) is 0 Å². The lowest BCUT2D eigenvalue weighted by Gasteiger charge is -2.10. The first-order chi connectivity index (χ1) is 7.95. The summed E-state index contributed by atoms with van der Waals surface area (Å²) in [6.45, 7) is 3.62. The highest BCUT2D eigenvalue weighted by Crippen LogP contribution is 2.16. The van der Waals surface area contributed by atoms with Gasteiger partial charge in [0.1, 0.15) is 5.75 Å². The summed E-state index contributed by atoms with van der Waals surface area (Å²) in [6.07, 6.45) is 0.555. The van der Waals surface area contributed by atoms with Crippen molar-refractivity contribution in [3.8, 4) is 5.75 Å². The summed E-state index contributed by atoms with van der Waals surface area (Å²) in [5, 5.41) is 13.0. The van der Waals surface area contributed by atoms with Crippen LogP contribution < -0.4 is 5.73 Å². The molecular formula is C12H15N3O2. The predicted molar refractivity (Wildman–Crippen MR) is 62.4 cm³/mol. The van der Waals surface area contributed by atoms with Gasteiger partial charge in [0.2, 0.25) is 5.89 Å². The van der Waals surface area contributed by atoms with Gasteiger partial charge in [-0.25, -0.2) is 0 Å². The minimum atomic E-state index is -0.625. The largest absolute Gasteiger partial charge is 0.508 e. The van der Waals surface area contributed by atoms with Gasteiger partial charge >= 0.3 is 0 Å². The van der Waals surface area contributed by atoms with E-state index in [0.29, 0.717) is 18.1 Å². The first-order valence-electron chi connectivity index (χ1n) is 5.35. The van der Waals surface area contributed by atoms with Crippen molar-refractivity contribution < 1.29 is 9.63 Å². The fourth-order valence-corrected chi connectivity index (χ4v) is 1.38. The third-order valence-electron chi connectivity index (χ3n) is 2.32. The van der Waals surface area contributed by atoms with E-state index in [1.54, 1.807) is 12.1 Å².